The quantitative estimate of drug-likeness (QED) is 0.415. The zero-order valence-electron chi connectivity index (χ0n) is 15.7. The molecule has 2 aromatic carbocycles. The second-order valence-corrected chi connectivity index (χ2v) is 7.69. The number of aromatic nitrogens is 2. The maximum absolute atomic E-state index is 12.3. The van der Waals surface area contributed by atoms with Crippen LogP contribution in [0.4, 0.5) is 5.69 Å². The van der Waals surface area contributed by atoms with Gasteiger partial charge in [0.2, 0.25) is 5.91 Å². The molecule has 0 aliphatic carbocycles. The number of hydrogen-bond acceptors (Lipinski definition) is 2. The number of hydrogen-bond donors (Lipinski definition) is 1. The van der Waals surface area contributed by atoms with Crippen LogP contribution in [-0.2, 0) is 11.3 Å². The average molecular weight is 471 g/mol. The van der Waals surface area contributed by atoms with Crippen LogP contribution in [0.5, 0.6) is 0 Å². The fourth-order valence-corrected chi connectivity index (χ4v) is 3.39. The number of carbonyl (C=O) groups excluding carboxylic acids is 1. The number of aryl methyl sites for hydroxylation is 2. The summed E-state index contributed by atoms with van der Waals surface area (Å²) in [6.45, 7) is 6.80. The summed E-state index contributed by atoms with van der Waals surface area (Å²) in [6.07, 6.45) is 3.41. The maximum Gasteiger partial charge on any atom is 0.248 e. The third-order valence-electron chi connectivity index (χ3n) is 4.42. The van der Waals surface area contributed by atoms with Crippen molar-refractivity contribution in [1.82, 2.24) is 9.78 Å². The molecule has 0 unspecified atom stereocenters. The summed E-state index contributed by atoms with van der Waals surface area (Å²) in [5.41, 5.74) is 6.22. The van der Waals surface area contributed by atoms with Gasteiger partial charge in [-0.25, -0.2) is 0 Å². The number of amides is 1. The van der Waals surface area contributed by atoms with Crippen LogP contribution in [0.1, 0.15) is 28.1 Å². The summed E-state index contributed by atoms with van der Waals surface area (Å²) in [4.78, 5) is 12.3. The Balaban J connectivity index is 1.74. The molecule has 5 heteroatoms. The topological polar surface area (TPSA) is 46.9 Å². The molecule has 138 valence electrons. The van der Waals surface area contributed by atoms with E-state index < -0.39 is 0 Å². The van der Waals surface area contributed by atoms with Gasteiger partial charge in [0.15, 0.2) is 0 Å². The molecule has 0 saturated carbocycles. The lowest BCUT2D eigenvalue weighted by Gasteiger charge is -2.06. The van der Waals surface area contributed by atoms with Crippen molar-refractivity contribution in [3.05, 3.63) is 86.3 Å². The molecular weight excluding hydrogens is 449 g/mol. The SMILES string of the molecule is Cc1ccc(Cn2nc(C)c(/C=C/C(=O)Nc3ccccc3I)c2C)cc1. The minimum atomic E-state index is -0.149. The second kappa shape index (κ2) is 8.52. The smallest absolute Gasteiger partial charge is 0.248 e. The first-order valence-electron chi connectivity index (χ1n) is 8.77. The number of para-hydroxylation sites is 1. The van der Waals surface area contributed by atoms with E-state index in [1.54, 1.807) is 6.08 Å². The number of rotatable bonds is 5. The highest BCUT2D eigenvalue weighted by molar-refractivity contribution is 14.1. The Labute approximate surface area is 173 Å². The molecule has 3 aromatic rings. The summed E-state index contributed by atoms with van der Waals surface area (Å²) >= 11 is 2.21. The van der Waals surface area contributed by atoms with E-state index in [1.165, 1.54) is 11.1 Å². The maximum atomic E-state index is 12.3. The third kappa shape index (κ3) is 4.86. The molecule has 1 amide bonds. The van der Waals surface area contributed by atoms with Crippen molar-refractivity contribution >= 4 is 40.3 Å². The van der Waals surface area contributed by atoms with Crippen molar-refractivity contribution in [2.45, 2.75) is 27.3 Å². The predicted molar refractivity (Wildman–Crippen MR) is 119 cm³/mol. The van der Waals surface area contributed by atoms with Crippen LogP contribution >= 0.6 is 22.6 Å². The minimum Gasteiger partial charge on any atom is -0.322 e. The molecule has 27 heavy (non-hydrogen) atoms. The van der Waals surface area contributed by atoms with Crippen molar-refractivity contribution in [1.29, 1.82) is 0 Å². The third-order valence-corrected chi connectivity index (χ3v) is 5.36. The Morgan fingerprint density at radius 3 is 2.52 bits per heavy atom. The van der Waals surface area contributed by atoms with Crippen LogP contribution in [0.2, 0.25) is 0 Å². The largest absolute Gasteiger partial charge is 0.322 e. The first-order chi connectivity index (χ1) is 12.9. The zero-order chi connectivity index (χ0) is 19.4. The Hall–Kier alpha value is -2.41. The summed E-state index contributed by atoms with van der Waals surface area (Å²) in [7, 11) is 0. The fourth-order valence-electron chi connectivity index (χ4n) is 2.87. The Kier molecular flexibility index (Phi) is 6.11. The molecular formula is C22H22IN3O. The normalized spacial score (nSPS) is 11.1. The molecule has 0 aliphatic rings. The number of benzene rings is 2. The van der Waals surface area contributed by atoms with Crippen molar-refractivity contribution < 1.29 is 4.79 Å². The number of anilines is 1. The molecule has 0 saturated heterocycles. The van der Waals surface area contributed by atoms with Gasteiger partial charge in [-0.1, -0.05) is 42.0 Å². The first-order valence-corrected chi connectivity index (χ1v) is 9.85. The molecule has 0 fully saturated rings. The van der Waals surface area contributed by atoms with Gasteiger partial charge < -0.3 is 5.32 Å². The average Bonchev–Trinajstić information content (AvgIpc) is 2.90. The van der Waals surface area contributed by atoms with E-state index in [0.29, 0.717) is 0 Å². The monoisotopic (exact) mass is 471 g/mol. The van der Waals surface area contributed by atoms with Crippen LogP contribution in [0.3, 0.4) is 0 Å². The zero-order valence-corrected chi connectivity index (χ0v) is 17.8. The summed E-state index contributed by atoms with van der Waals surface area (Å²) in [6, 6.07) is 16.2. The van der Waals surface area contributed by atoms with Crippen LogP contribution < -0.4 is 5.32 Å². The molecule has 1 N–H and O–H groups in total. The predicted octanol–water partition coefficient (Wildman–Crippen LogP) is 5.11. The van der Waals surface area contributed by atoms with E-state index in [-0.39, 0.29) is 5.91 Å². The lowest BCUT2D eigenvalue weighted by molar-refractivity contribution is -0.111. The van der Waals surface area contributed by atoms with Crippen LogP contribution in [0, 0.1) is 24.3 Å². The Morgan fingerprint density at radius 2 is 1.81 bits per heavy atom. The fraction of sp³-hybridized carbons (Fsp3) is 0.182. The van der Waals surface area contributed by atoms with Gasteiger partial charge in [-0.2, -0.15) is 5.10 Å². The standard InChI is InChI=1S/C22H22IN3O/c1-15-8-10-18(11-9-15)14-26-17(3)19(16(2)25-26)12-13-22(27)24-21-7-5-4-6-20(21)23/h4-13H,14H2,1-3H3,(H,24,27)/b13-12+. The van der Waals surface area contributed by atoms with E-state index in [9.17, 15) is 4.79 Å². The second-order valence-electron chi connectivity index (χ2n) is 6.53. The molecule has 1 heterocycles. The lowest BCUT2D eigenvalue weighted by atomic mass is 10.1. The van der Waals surface area contributed by atoms with Gasteiger partial charge in [0, 0.05) is 20.9 Å². The van der Waals surface area contributed by atoms with E-state index in [2.05, 4.69) is 64.2 Å². The summed E-state index contributed by atoms with van der Waals surface area (Å²) in [5.74, 6) is -0.149. The van der Waals surface area contributed by atoms with Crippen LogP contribution in [0.25, 0.3) is 6.08 Å². The highest BCUT2D eigenvalue weighted by atomic mass is 127. The number of carbonyl (C=O) groups is 1. The van der Waals surface area contributed by atoms with Gasteiger partial charge in [0.05, 0.1) is 17.9 Å². The Bertz CT molecular complexity index is 987. The summed E-state index contributed by atoms with van der Waals surface area (Å²) < 4.78 is 2.99. The Morgan fingerprint density at radius 1 is 1.11 bits per heavy atom. The molecule has 0 radical (unpaired) electrons. The van der Waals surface area contributed by atoms with Gasteiger partial charge in [0.25, 0.3) is 0 Å². The number of halogens is 1. The minimum absolute atomic E-state index is 0.149. The van der Waals surface area contributed by atoms with E-state index in [1.807, 2.05) is 48.9 Å². The van der Waals surface area contributed by atoms with Gasteiger partial charge in [-0.05, 0) is 67.1 Å². The van der Waals surface area contributed by atoms with Gasteiger partial charge in [0.1, 0.15) is 0 Å². The van der Waals surface area contributed by atoms with Gasteiger partial charge in [-0.3, -0.25) is 9.48 Å². The molecule has 0 atom stereocenters. The molecule has 0 aliphatic heterocycles. The van der Waals surface area contributed by atoms with Crippen molar-refractivity contribution in [2.75, 3.05) is 5.32 Å². The first kappa shape index (κ1) is 19.4. The van der Waals surface area contributed by atoms with Crippen molar-refractivity contribution in [2.24, 2.45) is 0 Å². The van der Waals surface area contributed by atoms with Crippen LogP contribution in [0.15, 0.2) is 54.6 Å². The van der Waals surface area contributed by atoms with Gasteiger partial charge in [-0.15, -0.1) is 0 Å². The molecule has 0 spiro atoms. The van der Waals surface area contributed by atoms with Crippen LogP contribution in [-0.4, -0.2) is 15.7 Å². The number of nitrogens with one attached hydrogen (secondary N) is 1. The van der Waals surface area contributed by atoms with Gasteiger partial charge >= 0.3 is 0 Å². The lowest BCUT2D eigenvalue weighted by Crippen LogP contribution is -2.08. The van der Waals surface area contributed by atoms with Crippen molar-refractivity contribution in [3.63, 3.8) is 0 Å². The molecule has 4 nitrogen and oxygen atoms in total. The highest BCUT2D eigenvalue weighted by Gasteiger charge is 2.10. The molecule has 0 bridgehead atoms. The van der Waals surface area contributed by atoms with E-state index in [0.717, 1.165) is 32.8 Å². The summed E-state index contributed by atoms with van der Waals surface area (Å²) in [5, 5.41) is 7.55. The van der Waals surface area contributed by atoms with Crippen molar-refractivity contribution in [3.8, 4) is 0 Å². The number of nitrogens with zero attached hydrogens (tertiary/aromatic N) is 2. The molecule has 3 rings (SSSR count). The highest BCUT2D eigenvalue weighted by Crippen LogP contribution is 2.19. The van der Waals surface area contributed by atoms with E-state index >= 15 is 0 Å². The molecule has 1 aromatic heterocycles. The van der Waals surface area contributed by atoms with E-state index in [4.69, 9.17) is 0 Å².